The Hall–Kier alpha value is -2.43. The van der Waals surface area contributed by atoms with Crippen LogP contribution in [0.4, 0.5) is 11.4 Å². The highest BCUT2D eigenvalue weighted by Crippen LogP contribution is 2.32. The van der Waals surface area contributed by atoms with Gasteiger partial charge in [0.05, 0.1) is 16.3 Å². The molecular formula is C20H25N3O5S2. The van der Waals surface area contributed by atoms with Gasteiger partial charge in [0.1, 0.15) is 0 Å². The van der Waals surface area contributed by atoms with Crippen molar-refractivity contribution in [2.45, 2.75) is 24.7 Å². The van der Waals surface area contributed by atoms with Gasteiger partial charge >= 0.3 is 0 Å². The van der Waals surface area contributed by atoms with Gasteiger partial charge in [-0.2, -0.15) is 0 Å². The van der Waals surface area contributed by atoms with Crippen LogP contribution in [-0.4, -0.2) is 53.4 Å². The fourth-order valence-corrected chi connectivity index (χ4v) is 5.38. The first-order valence-corrected chi connectivity index (χ1v) is 12.6. The molecule has 0 unspecified atom stereocenters. The van der Waals surface area contributed by atoms with E-state index in [0.717, 1.165) is 16.3 Å². The second-order valence-electron chi connectivity index (χ2n) is 7.19. The molecule has 1 heterocycles. The maximum atomic E-state index is 12.6. The molecule has 0 aliphatic carbocycles. The van der Waals surface area contributed by atoms with Gasteiger partial charge in [0.2, 0.25) is 20.0 Å². The molecule has 2 aromatic rings. The van der Waals surface area contributed by atoms with E-state index in [1.165, 1.54) is 42.7 Å². The molecule has 0 saturated heterocycles. The summed E-state index contributed by atoms with van der Waals surface area (Å²) in [6.07, 6.45) is 1.44. The van der Waals surface area contributed by atoms with Crippen molar-refractivity contribution in [2.75, 3.05) is 36.0 Å². The van der Waals surface area contributed by atoms with Gasteiger partial charge < -0.3 is 5.32 Å². The molecule has 3 rings (SSSR count). The maximum Gasteiger partial charge on any atom is 0.255 e. The van der Waals surface area contributed by atoms with E-state index in [1.807, 2.05) is 0 Å². The van der Waals surface area contributed by atoms with Gasteiger partial charge in [0, 0.05) is 31.9 Å². The molecule has 8 nitrogen and oxygen atoms in total. The lowest BCUT2D eigenvalue weighted by atomic mass is 10.0. The van der Waals surface area contributed by atoms with E-state index in [-0.39, 0.29) is 16.6 Å². The Bertz CT molecular complexity index is 1160. The summed E-state index contributed by atoms with van der Waals surface area (Å²) in [4.78, 5) is 12.7. The topological polar surface area (TPSA) is 104 Å². The summed E-state index contributed by atoms with van der Waals surface area (Å²) in [6, 6.07) is 10.9. The molecule has 0 aromatic heterocycles. The number of rotatable bonds is 6. The third-order valence-electron chi connectivity index (χ3n) is 5.01. The van der Waals surface area contributed by atoms with Gasteiger partial charge in [-0.05, 0) is 67.8 Å². The summed E-state index contributed by atoms with van der Waals surface area (Å²) < 4.78 is 51.4. The number of carbonyl (C=O) groups excluding carboxylic acids is 1. The summed E-state index contributed by atoms with van der Waals surface area (Å²) in [6.45, 7) is 2.07. The molecule has 1 N–H and O–H groups in total. The van der Waals surface area contributed by atoms with Crippen molar-refractivity contribution in [2.24, 2.45) is 0 Å². The van der Waals surface area contributed by atoms with Crippen LogP contribution in [0.5, 0.6) is 0 Å². The Morgan fingerprint density at radius 3 is 2.33 bits per heavy atom. The van der Waals surface area contributed by atoms with Gasteiger partial charge in [-0.3, -0.25) is 9.10 Å². The largest absolute Gasteiger partial charge is 0.322 e. The van der Waals surface area contributed by atoms with Gasteiger partial charge in [0.15, 0.2) is 0 Å². The van der Waals surface area contributed by atoms with E-state index in [0.29, 0.717) is 29.9 Å². The number of aryl methyl sites for hydroxylation is 1. The lowest BCUT2D eigenvalue weighted by Crippen LogP contribution is -2.36. The lowest BCUT2D eigenvalue weighted by molar-refractivity contribution is 0.102. The van der Waals surface area contributed by atoms with E-state index < -0.39 is 20.0 Å². The Kier molecular flexibility index (Phi) is 6.21. The molecular weight excluding hydrogens is 426 g/mol. The van der Waals surface area contributed by atoms with Gasteiger partial charge in [0.25, 0.3) is 5.91 Å². The first kappa shape index (κ1) is 22.3. The van der Waals surface area contributed by atoms with Gasteiger partial charge in [-0.25, -0.2) is 21.1 Å². The quantitative estimate of drug-likeness (QED) is 0.726. The van der Waals surface area contributed by atoms with Crippen LogP contribution in [0.3, 0.4) is 0 Å². The van der Waals surface area contributed by atoms with E-state index in [2.05, 4.69) is 5.32 Å². The molecule has 0 radical (unpaired) electrons. The predicted molar refractivity (Wildman–Crippen MR) is 117 cm³/mol. The van der Waals surface area contributed by atoms with Crippen LogP contribution in [0.15, 0.2) is 47.4 Å². The van der Waals surface area contributed by atoms with Crippen LogP contribution in [0, 0.1) is 0 Å². The Balaban J connectivity index is 1.80. The highest BCUT2D eigenvalue weighted by Gasteiger charge is 2.26. The number of sulfonamides is 2. The predicted octanol–water partition coefficient (Wildman–Crippen LogP) is 2.29. The van der Waals surface area contributed by atoms with Crippen molar-refractivity contribution in [3.8, 4) is 0 Å². The molecule has 162 valence electrons. The highest BCUT2D eigenvalue weighted by atomic mass is 32.2. The van der Waals surface area contributed by atoms with E-state index in [9.17, 15) is 21.6 Å². The molecule has 1 aliphatic heterocycles. The van der Waals surface area contributed by atoms with Gasteiger partial charge in [-0.1, -0.05) is 0 Å². The normalized spacial score (nSPS) is 14.5. The molecule has 0 atom stereocenters. The van der Waals surface area contributed by atoms with Crippen molar-refractivity contribution in [1.29, 1.82) is 0 Å². The van der Waals surface area contributed by atoms with Crippen LogP contribution in [0.1, 0.15) is 29.3 Å². The fourth-order valence-electron chi connectivity index (χ4n) is 3.28. The number of nitrogens with one attached hydrogen (secondary N) is 1. The minimum Gasteiger partial charge on any atom is -0.322 e. The first-order chi connectivity index (χ1) is 14.1. The smallest absolute Gasteiger partial charge is 0.255 e. The van der Waals surface area contributed by atoms with Crippen LogP contribution in [0.25, 0.3) is 0 Å². The summed E-state index contributed by atoms with van der Waals surface area (Å²) in [5.41, 5.74) is 2.39. The average molecular weight is 452 g/mol. The van der Waals surface area contributed by atoms with E-state index in [4.69, 9.17) is 0 Å². The zero-order valence-electron chi connectivity index (χ0n) is 17.1. The molecule has 10 heteroatoms. The van der Waals surface area contributed by atoms with Crippen LogP contribution < -0.4 is 9.62 Å². The number of benzene rings is 2. The number of amides is 1. The lowest BCUT2D eigenvalue weighted by Gasteiger charge is -2.30. The zero-order chi connectivity index (χ0) is 22.1. The standard InChI is InChI=1S/C20H25N3O5S2/c1-4-29(25,26)23-13-5-6-16-14-17(9-12-19(16)23)21-20(24)15-7-10-18(11-8-15)30(27,28)22(2)3/h7-12,14H,4-6,13H2,1-3H3,(H,21,24). The van der Waals surface area contributed by atoms with Crippen molar-refractivity contribution >= 4 is 37.3 Å². The molecule has 0 fully saturated rings. The van der Waals surface area contributed by atoms with Crippen molar-refractivity contribution < 1.29 is 21.6 Å². The number of fused-ring (bicyclic) bond motifs is 1. The van der Waals surface area contributed by atoms with Crippen LogP contribution >= 0.6 is 0 Å². The number of anilines is 2. The van der Waals surface area contributed by atoms with Crippen LogP contribution in [0.2, 0.25) is 0 Å². The molecule has 2 aromatic carbocycles. The first-order valence-electron chi connectivity index (χ1n) is 9.53. The molecule has 1 aliphatic rings. The SMILES string of the molecule is CCS(=O)(=O)N1CCCc2cc(NC(=O)c3ccc(S(=O)(=O)N(C)C)cc3)ccc21. The summed E-state index contributed by atoms with van der Waals surface area (Å²) >= 11 is 0. The molecule has 0 spiro atoms. The highest BCUT2D eigenvalue weighted by molar-refractivity contribution is 7.92. The summed E-state index contributed by atoms with van der Waals surface area (Å²) in [5, 5.41) is 2.79. The minimum atomic E-state index is -3.56. The zero-order valence-corrected chi connectivity index (χ0v) is 18.8. The Labute approximate surface area is 177 Å². The average Bonchev–Trinajstić information content (AvgIpc) is 2.73. The third-order valence-corrected chi connectivity index (χ3v) is 8.62. The number of carbonyl (C=O) groups is 1. The maximum absolute atomic E-state index is 12.6. The van der Waals surface area contributed by atoms with Crippen molar-refractivity contribution in [3.05, 3.63) is 53.6 Å². The number of hydrogen-bond donors (Lipinski definition) is 1. The molecule has 30 heavy (non-hydrogen) atoms. The monoisotopic (exact) mass is 451 g/mol. The van der Waals surface area contributed by atoms with E-state index in [1.54, 1.807) is 25.1 Å². The van der Waals surface area contributed by atoms with Crippen molar-refractivity contribution in [1.82, 2.24) is 4.31 Å². The van der Waals surface area contributed by atoms with Crippen LogP contribution in [-0.2, 0) is 26.5 Å². The van der Waals surface area contributed by atoms with Crippen molar-refractivity contribution in [3.63, 3.8) is 0 Å². The Morgan fingerprint density at radius 2 is 1.73 bits per heavy atom. The van der Waals surface area contributed by atoms with E-state index >= 15 is 0 Å². The summed E-state index contributed by atoms with van der Waals surface area (Å²) in [7, 11) is -4.02. The second kappa shape index (κ2) is 8.37. The second-order valence-corrected chi connectivity index (χ2v) is 11.5. The number of nitrogens with zero attached hydrogens (tertiary/aromatic N) is 2. The molecule has 1 amide bonds. The Morgan fingerprint density at radius 1 is 1.07 bits per heavy atom. The summed E-state index contributed by atoms with van der Waals surface area (Å²) in [5.74, 6) is -0.345. The van der Waals surface area contributed by atoms with Gasteiger partial charge in [-0.15, -0.1) is 0 Å². The fraction of sp³-hybridized carbons (Fsp3) is 0.350. The molecule has 0 bridgehead atoms. The third kappa shape index (κ3) is 4.35. The minimum absolute atomic E-state index is 0.0322. The number of hydrogen-bond acceptors (Lipinski definition) is 5. The molecule has 0 saturated carbocycles.